The molecule has 0 spiro atoms. The van der Waals surface area contributed by atoms with E-state index in [1.165, 1.54) is 12.1 Å². The number of fused-ring (bicyclic) bond motifs is 1. The van der Waals surface area contributed by atoms with Gasteiger partial charge in [0.25, 0.3) is 0 Å². The highest BCUT2D eigenvalue weighted by molar-refractivity contribution is 5.87. The lowest BCUT2D eigenvalue weighted by atomic mass is 9.91. The van der Waals surface area contributed by atoms with Crippen LogP contribution >= 0.6 is 0 Å². The Balaban J connectivity index is 2.22. The van der Waals surface area contributed by atoms with Crippen molar-refractivity contribution in [3.63, 3.8) is 0 Å². The number of aliphatic hydroxyl groups is 1. The first-order valence-electron chi connectivity index (χ1n) is 7.24. The third-order valence-electron chi connectivity index (χ3n) is 3.77. The Morgan fingerprint density at radius 2 is 2.00 bits per heavy atom. The number of rotatable bonds is 3. The Morgan fingerprint density at radius 1 is 1.22 bits per heavy atom. The molecule has 3 nitrogen and oxygen atoms in total. The van der Waals surface area contributed by atoms with Crippen LogP contribution in [0.4, 0.5) is 4.39 Å². The van der Waals surface area contributed by atoms with Crippen LogP contribution in [0.15, 0.2) is 49.1 Å². The molecule has 0 aromatic heterocycles. The zero-order chi connectivity index (χ0) is 16.6. The molecular weight excluding hydrogens is 295 g/mol. The first kappa shape index (κ1) is 15.2. The highest BCUT2D eigenvalue weighted by atomic mass is 19.1. The number of hydrogen-bond acceptors (Lipinski definition) is 3. The van der Waals surface area contributed by atoms with Crippen LogP contribution in [-0.2, 0) is 0 Å². The molecule has 3 rings (SSSR count). The van der Waals surface area contributed by atoms with Crippen LogP contribution in [0.25, 0.3) is 11.3 Å². The molecule has 2 aromatic carbocycles. The highest BCUT2D eigenvalue weighted by Gasteiger charge is 2.22. The fourth-order valence-corrected chi connectivity index (χ4v) is 2.71. The quantitative estimate of drug-likeness (QED) is 0.843. The second kappa shape index (κ2) is 5.80. The Bertz CT molecular complexity index is 808. The zero-order valence-electron chi connectivity index (χ0n) is 13.0. The van der Waals surface area contributed by atoms with Gasteiger partial charge in [0.05, 0.1) is 7.11 Å². The lowest BCUT2D eigenvalue weighted by Crippen LogP contribution is -2.15. The first-order chi connectivity index (χ1) is 11.0. The molecule has 0 bridgehead atoms. The van der Waals surface area contributed by atoms with E-state index in [1.807, 2.05) is 13.0 Å². The number of halogens is 1. The summed E-state index contributed by atoms with van der Waals surface area (Å²) >= 11 is 0. The molecule has 0 aliphatic carbocycles. The van der Waals surface area contributed by atoms with Gasteiger partial charge in [0.1, 0.15) is 29.2 Å². The Hall–Kier alpha value is -2.75. The standard InChI is InChI=1S/C19H17FO3/c1-11-8-15(17-10-14(20)5-7-18(17)22-3)16-9-13(12(2)21)4-6-19(16)23-11/h4-11,21H,2H2,1,3H3. The predicted molar refractivity (Wildman–Crippen MR) is 88.2 cm³/mol. The summed E-state index contributed by atoms with van der Waals surface area (Å²) in [6.45, 7) is 5.46. The van der Waals surface area contributed by atoms with Crippen LogP contribution in [-0.4, -0.2) is 18.3 Å². The van der Waals surface area contributed by atoms with Crippen molar-refractivity contribution in [2.24, 2.45) is 0 Å². The fraction of sp³-hybridized carbons (Fsp3) is 0.158. The van der Waals surface area contributed by atoms with Gasteiger partial charge in [-0.3, -0.25) is 0 Å². The summed E-state index contributed by atoms with van der Waals surface area (Å²) in [6.07, 6.45) is 1.75. The number of benzene rings is 2. The van der Waals surface area contributed by atoms with E-state index in [0.717, 1.165) is 11.1 Å². The second-order valence-corrected chi connectivity index (χ2v) is 5.41. The minimum absolute atomic E-state index is 0.0306. The Morgan fingerprint density at radius 3 is 2.70 bits per heavy atom. The van der Waals surface area contributed by atoms with Crippen molar-refractivity contribution in [3.05, 3.63) is 71.6 Å². The maximum atomic E-state index is 13.8. The molecule has 2 aromatic rings. The molecule has 0 radical (unpaired) electrons. The molecule has 1 heterocycles. The summed E-state index contributed by atoms with van der Waals surface area (Å²) in [4.78, 5) is 0. The van der Waals surface area contributed by atoms with Gasteiger partial charge in [0.2, 0.25) is 0 Å². The summed E-state index contributed by atoms with van der Waals surface area (Å²) in [5, 5.41) is 9.64. The van der Waals surface area contributed by atoms with E-state index in [9.17, 15) is 9.50 Å². The van der Waals surface area contributed by atoms with Gasteiger partial charge in [-0.25, -0.2) is 4.39 Å². The maximum Gasteiger partial charge on any atom is 0.128 e. The van der Waals surface area contributed by atoms with Crippen molar-refractivity contribution in [1.82, 2.24) is 0 Å². The smallest absolute Gasteiger partial charge is 0.128 e. The van der Waals surface area contributed by atoms with Crippen molar-refractivity contribution in [2.75, 3.05) is 7.11 Å². The highest BCUT2D eigenvalue weighted by Crippen LogP contribution is 2.40. The summed E-state index contributed by atoms with van der Waals surface area (Å²) in [7, 11) is 1.55. The minimum Gasteiger partial charge on any atom is -0.508 e. The van der Waals surface area contributed by atoms with Crippen LogP contribution in [0.5, 0.6) is 11.5 Å². The lowest BCUT2D eigenvalue weighted by Gasteiger charge is -2.25. The molecule has 4 heteroatoms. The molecule has 118 valence electrons. The van der Waals surface area contributed by atoms with Crippen LogP contribution < -0.4 is 9.47 Å². The monoisotopic (exact) mass is 312 g/mol. The molecule has 1 aliphatic heterocycles. The molecule has 1 aliphatic rings. The molecule has 1 N–H and O–H groups in total. The molecule has 1 unspecified atom stereocenters. The normalized spacial score (nSPS) is 16.1. The van der Waals surface area contributed by atoms with E-state index in [0.29, 0.717) is 22.6 Å². The third-order valence-corrected chi connectivity index (χ3v) is 3.77. The largest absolute Gasteiger partial charge is 0.508 e. The van der Waals surface area contributed by atoms with Gasteiger partial charge in [0, 0.05) is 16.7 Å². The van der Waals surface area contributed by atoms with Gasteiger partial charge in [0.15, 0.2) is 0 Å². The van der Waals surface area contributed by atoms with Gasteiger partial charge in [-0.15, -0.1) is 0 Å². The van der Waals surface area contributed by atoms with Gasteiger partial charge in [-0.1, -0.05) is 6.58 Å². The van der Waals surface area contributed by atoms with Crippen molar-refractivity contribution < 1.29 is 19.0 Å². The van der Waals surface area contributed by atoms with Crippen LogP contribution in [0.3, 0.4) is 0 Å². The van der Waals surface area contributed by atoms with Crippen LogP contribution in [0.1, 0.15) is 23.6 Å². The zero-order valence-corrected chi connectivity index (χ0v) is 13.0. The fourth-order valence-electron chi connectivity index (χ4n) is 2.71. The van der Waals surface area contributed by atoms with Gasteiger partial charge in [-0.05, 0) is 55.0 Å². The summed E-state index contributed by atoms with van der Waals surface area (Å²) < 4.78 is 24.9. The van der Waals surface area contributed by atoms with Crippen LogP contribution in [0.2, 0.25) is 0 Å². The third kappa shape index (κ3) is 2.80. The molecule has 0 fully saturated rings. The van der Waals surface area contributed by atoms with Crippen molar-refractivity contribution in [2.45, 2.75) is 13.0 Å². The van der Waals surface area contributed by atoms with E-state index in [2.05, 4.69) is 6.58 Å². The lowest BCUT2D eigenvalue weighted by molar-refractivity contribution is 0.265. The minimum atomic E-state index is -0.342. The van der Waals surface area contributed by atoms with E-state index in [4.69, 9.17) is 9.47 Å². The summed E-state index contributed by atoms with van der Waals surface area (Å²) in [5.41, 5.74) is 2.80. The predicted octanol–water partition coefficient (Wildman–Crippen LogP) is 4.58. The SMILES string of the molecule is C=C(O)c1ccc2c(c1)C(c1cc(F)ccc1OC)=CC(C)O2. The van der Waals surface area contributed by atoms with E-state index in [-0.39, 0.29) is 17.7 Å². The number of ether oxygens (including phenoxy) is 2. The average Bonchev–Trinajstić information content (AvgIpc) is 2.53. The molecular formula is C19H17FO3. The first-order valence-corrected chi connectivity index (χ1v) is 7.24. The van der Waals surface area contributed by atoms with E-state index in [1.54, 1.807) is 31.4 Å². The summed E-state index contributed by atoms with van der Waals surface area (Å²) in [5.74, 6) is 0.874. The van der Waals surface area contributed by atoms with Crippen molar-refractivity contribution >= 4 is 11.3 Å². The van der Waals surface area contributed by atoms with E-state index < -0.39 is 0 Å². The average molecular weight is 312 g/mol. The maximum absolute atomic E-state index is 13.8. The van der Waals surface area contributed by atoms with Gasteiger partial charge < -0.3 is 14.6 Å². The number of aliphatic hydroxyl groups excluding tert-OH is 1. The molecule has 1 atom stereocenters. The molecule has 0 saturated carbocycles. The Labute approximate surface area is 134 Å². The topological polar surface area (TPSA) is 38.7 Å². The van der Waals surface area contributed by atoms with Crippen molar-refractivity contribution in [3.8, 4) is 11.5 Å². The molecule has 0 amide bonds. The number of hydrogen-bond donors (Lipinski definition) is 1. The van der Waals surface area contributed by atoms with Gasteiger partial charge in [-0.2, -0.15) is 0 Å². The molecule has 0 saturated heterocycles. The van der Waals surface area contributed by atoms with Crippen molar-refractivity contribution in [1.29, 1.82) is 0 Å². The van der Waals surface area contributed by atoms with E-state index >= 15 is 0 Å². The van der Waals surface area contributed by atoms with Crippen LogP contribution in [0, 0.1) is 5.82 Å². The Kier molecular flexibility index (Phi) is 3.82. The van der Waals surface area contributed by atoms with Gasteiger partial charge >= 0.3 is 0 Å². The second-order valence-electron chi connectivity index (χ2n) is 5.41. The summed E-state index contributed by atoms with van der Waals surface area (Å²) in [6, 6.07) is 9.69. The molecule has 23 heavy (non-hydrogen) atoms. The number of methoxy groups -OCH3 is 1.